The molecule has 2 aromatic rings. The largest absolute Gasteiger partial charge is 0.383 e. The molecule has 1 amide bonds. The van der Waals surface area contributed by atoms with Crippen LogP contribution in [-0.4, -0.2) is 51.3 Å². The quantitative estimate of drug-likeness (QED) is 0.532. The highest BCUT2D eigenvalue weighted by molar-refractivity contribution is 8.26. The summed E-state index contributed by atoms with van der Waals surface area (Å²) in [5.41, 5.74) is 1.62. The molecule has 7 nitrogen and oxygen atoms in total. The smallest absolute Gasteiger partial charge is 0.267 e. The number of anilines is 1. The molecule has 1 aliphatic rings. The van der Waals surface area contributed by atoms with Gasteiger partial charge in [-0.05, 0) is 30.5 Å². The third-order valence-corrected chi connectivity index (χ3v) is 5.73. The number of rotatable bonds is 7. The van der Waals surface area contributed by atoms with Crippen molar-refractivity contribution >= 4 is 51.7 Å². The molecule has 29 heavy (non-hydrogen) atoms. The molecular formula is C20H24N4O3S2. The Bertz CT molecular complexity index is 1050. The Morgan fingerprint density at radius 2 is 2.10 bits per heavy atom. The van der Waals surface area contributed by atoms with Gasteiger partial charge in [0.05, 0.1) is 23.6 Å². The van der Waals surface area contributed by atoms with Gasteiger partial charge >= 0.3 is 0 Å². The predicted octanol–water partition coefficient (Wildman–Crippen LogP) is 2.92. The van der Waals surface area contributed by atoms with Gasteiger partial charge < -0.3 is 10.1 Å². The molecule has 0 unspecified atom stereocenters. The summed E-state index contributed by atoms with van der Waals surface area (Å²) in [6.07, 6.45) is 3.34. The van der Waals surface area contributed by atoms with Crippen molar-refractivity contribution in [1.82, 2.24) is 14.3 Å². The highest BCUT2D eigenvalue weighted by Gasteiger charge is 2.32. The Morgan fingerprint density at radius 3 is 2.79 bits per heavy atom. The summed E-state index contributed by atoms with van der Waals surface area (Å²) in [7, 11) is 1.57. The standard InChI is InChI=1S/C20H24N4O3S2/c1-12(2)10-21-17-14(18(25)24-11-13(3)5-6-16(24)22-17)9-15-19(26)23(7-8-27-4)20(28)29-15/h5-6,9,11-12,21H,7-8,10H2,1-4H3/b15-9+. The maximum Gasteiger partial charge on any atom is 0.267 e. The van der Waals surface area contributed by atoms with Crippen molar-refractivity contribution in [3.05, 3.63) is 44.7 Å². The van der Waals surface area contributed by atoms with E-state index < -0.39 is 0 Å². The van der Waals surface area contributed by atoms with Gasteiger partial charge in [0, 0.05) is 19.9 Å². The molecule has 9 heteroatoms. The van der Waals surface area contributed by atoms with E-state index in [0.29, 0.717) is 51.9 Å². The lowest BCUT2D eigenvalue weighted by molar-refractivity contribution is -0.122. The number of amides is 1. The van der Waals surface area contributed by atoms with E-state index in [1.165, 1.54) is 21.1 Å². The van der Waals surface area contributed by atoms with E-state index >= 15 is 0 Å². The van der Waals surface area contributed by atoms with Crippen molar-refractivity contribution in [2.24, 2.45) is 5.92 Å². The fraction of sp³-hybridized carbons (Fsp3) is 0.400. The summed E-state index contributed by atoms with van der Waals surface area (Å²) in [6.45, 7) is 7.49. The Morgan fingerprint density at radius 1 is 1.34 bits per heavy atom. The van der Waals surface area contributed by atoms with E-state index in [2.05, 4.69) is 24.1 Å². The minimum atomic E-state index is -0.230. The number of aryl methyl sites for hydroxylation is 1. The zero-order valence-corrected chi connectivity index (χ0v) is 18.5. The fourth-order valence-electron chi connectivity index (χ4n) is 2.83. The van der Waals surface area contributed by atoms with Crippen molar-refractivity contribution in [2.45, 2.75) is 20.8 Å². The topological polar surface area (TPSA) is 75.9 Å². The molecule has 1 saturated heterocycles. The summed E-state index contributed by atoms with van der Waals surface area (Å²) < 4.78 is 7.02. The van der Waals surface area contributed by atoms with Gasteiger partial charge in [-0.2, -0.15) is 0 Å². The third-order valence-electron chi connectivity index (χ3n) is 4.35. The van der Waals surface area contributed by atoms with E-state index in [1.807, 2.05) is 19.1 Å². The van der Waals surface area contributed by atoms with E-state index in [0.717, 1.165) is 5.56 Å². The Labute approximate surface area is 179 Å². The normalized spacial score (nSPS) is 15.9. The van der Waals surface area contributed by atoms with Crippen LogP contribution in [0, 0.1) is 12.8 Å². The number of aromatic nitrogens is 2. The molecule has 2 aromatic heterocycles. The molecule has 3 heterocycles. The maximum atomic E-state index is 13.2. The Hall–Kier alpha value is -2.23. The molecule has 1 N–H and O–H groups in total. The lowest BCUT2D eigenvalue weighted by atomic mass is 10.2. The second kappa shape index (κ2) is 9.06. The van der Waals surface area contributed by atoms with Gasteiger partial charge in [-0.1, -0.05) is 43.9 Å². The molecule has 0 radical (unpaired) electrons. The first-order valence-corrected chi connectivity index (χ1v) is 10.6. The van der Waals surface area contributed by atoms with Gasteiger partial charge in [0.2, 0.25) is 0 Å². The molecule has 0 bridgehead atoms. The number of methoxy groups -OCH3 is 1. The predicted molar refractivity (Wildman–Crippen MR) is 121 cm³/mol. The number of hydrogen-bond acceptors (Lipinski definition) is 7. The molecule has 1 aliphatic heterocycles. The number of fused-ring (bicyclic) bond motifs is 1. The monoisotopic (exact) mass is 432 g/mol. The van der Waals surface area contributed by atoms with Gasteiger partial charge in [0.15, 0.2) is 0 Å². The highest BCUT2D eigenvalue weighted by atomic mass is 32.2. The van der Waals surface area contributed by atoms with Crippen LogP contribution in [0.15, 0.2) is 28.0 Å². The van der Waals surface area contributed by atoms with Gasteiger partial charge in [0.25, 0.3) is 11.5 Å². The first kappa shape index (κ1) is 21.5. The number of nitrogens with zero attached hydrogens (tertiary/aromatic N) is 3. The summed E-state index contributed by atoms with van der Waals surface area (Å²) >= 11 is 6.51. The summed E-state index contributed by atoms with van der Waals surface area (Å²) in [6, 6.07) is 3.72. The Kier molecular flexibility index (Phi) is 6.71. The van der Waals surface area contributed by atoms with Crippen LogP contribution in [0.1, 0.15) is 25.0 Å². The summed E-state index contributed by atoms with van der Waals surface area (Å²) in [5, 5.41) is 3.25. The number of thioether (sulfide) groups is 1. The van der Waals surface area contributed by atoms with Crippen LogP contribution in [0.5, 0.6) is 0 Å². The molecule has 1 fully saturated rings. The van der Waals surface area contributed by atoms with Crippen molar-refractivity contribution in [1.29, 1.82) is 0 Å². The average molecular weight is 433 g/mol. The Balaban J connectivity index is 2.09. The minimum absolute atomic E-state index is 0.222. The van der Waals surface area contributed by atoms with E-state index in [9.17, 15) is 9.59 Å². The summed E-state index contributed by atoms with van der Waals surface area (Å²) in [5.74, 6) is 0.615. The van der Waals surface area contributed by atoms with Crippen LogP contribution < -0.4 is 10.9 Å². The molecule has 0 aromatic carbocycles. The summed E-state index contributed by atoms with van der Waals surface area (Å²) in [4.78, 5) is 32.5. The second-order valence-corrected chi connectivity index (χ2v) is 8.89. The van der Waals surface area contributed by atoms with Crippen molar-refractivity contribution < 1.29 is 9.53 Å². The molecule has 0 spiro atoms. The zero-order chi connectivity index (χ0) is 21.1. The SMILES string of the molecule is COCCN1C(=O)/C(=C\c2c(NCC(C)C)nc3ccc(C)cn3c2=O)SC1=S. The maximum absolute atomic E-state index is 13.2. The van der Waals surface area contributed by atoms with Crippen LogP contribution >= 0.6 is 24.0 Å². The molecule has 0 aliphatic carbocycles. The molecule has 3 rings (SSSR count). The van der Waals surface area contributed by atoms with E-state index in [1.54, 1.807) is 19.4 Å². The fourth-order valence-corrected chi connectivity index (χ4v) is 4.12. The number of ether oxygens (including phenoxy) is 1. The molecule has 0 atom stereocenters. The average Bonchev–Trinajstić information content (AvgIpc) is 2.94. The van der Waals surface area contributed by atoms with Gasteiger partial charge in [-0.15, -0.1) is 0 Å². The van der Waals surface area contributed by atoms with Gasteiger partial charge in [0.1, 0.15) is 15.8 Å². The molecule has 154 valence electrons. The van der Waals surface area contributed by atoms with Crippen LogP contribution in [-0.2, 0) is 9.53 Å². The third kappa shape index (κ3) is 4.68. The zero-order valence-electron chi connectivity index (χ0n) is 16.9. The number of carbonyl (C=O) groups excluding carboxylic acids is 1. The first-order chi connectivity index (χ1) is 13.8. The molecule has 0 saturated carbocycles. The second-order valence-electron chi connectivity index (χ2n) is 7.21. The number of pyridine rings is 1. The van der Waals surface area contributed by atoms with Gasteiger partial charge in [-0.3, -0.25) is 18.9 Å². The highest BCUT2D eigenvalue weighted by Crippen LogP contribution is 2.32. The van der Waals surface area contributed by atoms with E-state index in [-0.39, 0.29) is 11.5 Å². The van der Waals surface area contributed by atoms with Crippen LogP contribution in [0.3, 0.4) is 0 Å². The lowest BCUT2D eigenvalue weighted by Crippen LogP contribution is -2.31. The lowest BCUT2D eigenvalue weighted by Gasteiger charge is -2.14. The van der Waals surface area contributed by atoms with Gasteiger partial charge in [-0.25, -0.2) is 4.98 Å². The van der Waals surface area contributed by atoms with Crippen molar-refractivity contribution in [3.8, 4) is 0 Å². The number of thiocarbonyl (C=S) groups is 1. The van der Waals surface area contributed by atoms with Crippen LogP contribution in [0.4, 0.5) is 5.82 Å². The minimum Gasteiger partial charge on any atom is -0.383 e. The van der Waals surface area contributed by atoms with Crippen molar-refractivity contribution in [2.75, 3.05) is 32.1 Å². The molecular weight excluding hydrogens is 408 g/mol. The number of nitrogens with one attached hydrogen (secondary N) is 1. The number of carbonyl (C=O) groups is 1. The first-order valence-electron chi connectivity index (χ1n) is 9.33. The van der Waals surface area contributed by atoms with Crippen molar-refractivity contribution in [3.63, 3.8) is 0 Å². The van der Waals surface area contributed by atoms with Crippen LogP contribution in [0.2, 0.25) is 0 Å². The van der Waals surface area contributed by atoms with Crippen LogP contribution in [0.25, 0.3) is 11.7 Å². The number of hydrogen-bond donors (Lipinski definition) is 1. The van der Waals surface area contributed by atoms with E-state index in [4.69, 9.17) is 17.0 Å².